The van der Waals surface area contributed by atoms with Crippen LogP contribution in [0.3, 0.4) is 0 Å². The highest BCUT2D eigenvalue weighted by Gasteiger charge is 2.31. The summed E-state index contributed by atoms with van der Waals surface area (Å²) < 4.78 is 13.6. The van der Waals surface area contributed by atoms with Crippen molar-refractivity contribution >= 4 is 23.5 Å². The first-order valence-electron chi connectivity index (χ1n) is 9.92. The number of carboxylic acids is 1. The van der Waals surface area contributed by atoms with Crippen LogP contribution in [-0.2, 0) is 24.3 Å². The predicted octanol–water partition coefficient (Wildman–Crippen LogP) is 5.55. The van der Waals surface area contributed by atoms with Crippen molar-refractivity contribution in [3.63, 3.8) is 0 Å². The Morgan fingerprint density at radius 2 is 1.68 bits per heavy atom. The number of hydrogen-bond acceptors (Lipinski definition) is 2. The summed E-state index contributed by atoms with van der Waals surface area (Å²) in [5, 5.41) is 10.1. The lowest BCUT2D eigenvalue weighted by molar-refractivity contribution is -0.136. The average molecular weight is 438 g/mol. The molecule has 0 saturated carbocycles. The molecular formula is C25H21ClFNO3. The van der Waals surface area contributed by atoms with Gasteiger partial charge in [-0.3, -0.25) is 9.59 Å². The molecule has 0 fully saturated rings. The van der Waals surface area contributed by atoms with E-state index >= 15 is 0 Å². The highest BCUT2D eigenvalue weighted by atomic mass is 35.5. The topological polar surface area (TPSA) is 57.6 Å². The Kier molecular flexibility index (Phi) is 5.54. The van der Waals surface area contributed by atoms with Crippen LogP contribution in [0.5, 0.6) is 0 Å². The molecule has 0 bridgehead atoms. The molecule has 0 aliphatic carbocycles. The molecule has 1 N–H and O–H groups in total. The molecule has 0 radical (unpaired) electrons. The summed E-state index contributed by atoms with van der Waals surface area (Å²) in [5.41, 5.74) is 6.61. The Morgan fingerprint density at radius 1 is 1.03 bits per heavy atom. The molecule has 6 heteroatoms. The van der Waals surface area contributed by atoms with Crippen LogP contribution in [0.2, 0.25) is 5.02 Å². The lowest BCUT2D eigenvalue weighted by Crippen LogP contribution is -2.25. The van der Waals surface area contributed by atoms with Crippen molar-refractivity contribution in [1.82, 2.24) is 4.90 Å². The molecule has 1 amide bonds. The van der Waals surface area contributed by atoms with E-state index in [1.807, 2.05) is 26.0 Å². The minimum Gasteiger partial charge on any atom is -0.481 e. The van der Waals surface area contributed by atoms with Gasteiger partial charge in [0.2, 0.25) is 0 Å². The van der Waals surface area contributed by atoms with Crippen LogP contribution in [0.4, 0.5) is 4.39 Å². The largest absolute Gasteiger partial charge is 0.481 e. The third-order valence-electron chi connectivity index (χ3n) is 5.92. The number of rotatable bonds is 4. The van der Waals surface area contributed by atoms with Gasteiger partial charge in [-0.15, -0.1) is 0 Å². The maximum Gasteiger partial charge on any atom is 0.307 e. The summed E-state index contributed by atoms with van der Waals surface area (Å²) in [6, 6.07) is 13.0. The molecule has 0 saturated heterocycles. The minimum absolute atomic E-state index is 0.115. The number of carboxylic acid groups (broad SMARTS) is 1. The zero-order chi connectivity index (χ0) is 22.3. The zero-order valence-corrected chi connectivity index (χ0v) is 18.0. The zero-order valence-electron chi connectivity index (χ0n) is 17.2. The number of halogens is 2. The van der Waals surface area contributed by atoms with Gasteiger partial charge in [0, 0.05) is 23.7 Å². The van der Waals surface area contributed by atoms with Gasteiger partial charge in [0.15, 0.2) is 0 Å². The van der Waals surface area contributed by atoms with E-state index in [-0.39, 0.29) is 12.3 Å². The summed E-state index contributed by atoms with van der Waals surface area (Å²) in [4.78, 5) is 26.3. The Labute approximate surface area is 184 Å². The summed E-state index contributed by atoms with van der Waals surface area (Å²) in [5.74, 6) is -1.62. The quantitative estimate of drug-likeness (QED) is 0.582. The van der Waals surface area contributed by atoms with Crippen molar-refractivity contribution in [2.45, 2.75) is 33.4 Å². The van der Waals surface area contributed by atoms with E-state index in [1.165, 1.54) is 18.2 Å². The lowest BCUT2D eigenvalue weighted by Gasteiger charge is -2.19. The smallest absolute Gasteiger partial charge is 0.307 e. The van der Waals surface area contributed by atoms with Crippen molar-refractivity contribution in [3.05, 3.63) is 92.8 Å². The van der Waals surface area contributed by atoms with Crippen molar-refractivity contribution in [2.75, 3.05) is 0 Å². The Hall–Kier alpha value is -3.18. The first kappa shape index (κ1) is 21.1. The maximum absolute atomic E-state index is 13.6. The number of carbonyl (C=O) groups excluding carboxylic acids is 1. The first-order valence-corrected chi connectivity index (χ1v) is 10.3. The first-order chi connectivity index (χ1) is 14.8. The Balaban J connectivity index is 1.81. The molecule has 0 atom stereocenters. The lowest BCUT2D eigenvalue weighted by atomic mass is 9.84. The summed E-state index contributed by atoms with van der Waals surface area (Å²) in [7, 11) is 0. The van der Waals surface area contributed by atoms with Crippen LogP contribution < -0.4 is 0 Å². The summed E-state index contributed by atoms with van der Waals surface area (Å²) in [6.07, 6.45) is -0.115. The van der Waals surface area contributed by atoms with E-state index < -0.39 is 11.8 Å². The molecule has 1 aliphatic rings. The second kappa shape index (κ2) is 8.16. The number of amides is 1. The molecule has 1 aliphatic heterocycles. The standard InChI is InChI=1S/C25H21ClFNO3/c1-14-20(11-23(29)30)24(16-6-8-18(26)9-7-16)15(2)22-13-28(12-21(14)22)25(31)17-4-3-5-19(27)10-17/h3-10H,11-13H2,1-2H3,(H,29,30). The average Bonchev–Trinajstić information content (AvgIpc) is 3.18. The van der Waals surface area contributed by atoms with Gasteiger partial charge in [-0.25, -0.2) is 4.39 Å². The van der Waals surface area contributed by atoms with E-state index in [0.29, 0.717) is 23.7 Å². The Bertz CT molecular complexity index is 1200. The Morgan fingerprint density at radius 3 is 2.29 bits per heavy atom. The van der Waals surface area contributed by atoms with E-state index in [2.05, 4.69) is 0 Å². The predicted molar refractivity (Wildman–Crippen MR) is 118 cm³/mol. The fourth-order valence-electron chi connectivity index (χ4n) is 4.39. The van der Waals surface area contributed by atoms with Crippen molar-refractivity contribution in [3.8, 4) is 11.1 Å². The second-order valence-corrected chi connectivity index (χ2v) is 8.25. The molecule has 1 heterocycles. The van der Waals surface area contributed by atoms with Crippen LogP contribution in [-0.4, -0.2) is 21.9 Å². The van der Waals surface area contributed by atoms with Gasteiger partial charge in [0.1, 0.15) is 5.82 Å². The number of nitrogens with zero attached hydrogens (tertiary/aromatic N) is 1. The monoisotopic (exact) mass is 437 g/mol. The molecule has 158 valence electrons. The number of benzene rings is 3. The number of aliphatic carboxylic acids is 1. The van der Waals surface area contributed by atoms with Gasteiger partial charge >= 0.3 is 5.97 Å². The molecular weight excluding hydrogens is 417 g/mol. The molecule has 3 aromatic rings. The van der Waals surface area contributed by atoms with Gasteiger partial charge in [-0.1, -0.05) is 29.8 Å². The van der Waals surface area contributed by atoms with Crippen LogP contribution in [0.25, 0.3) is 11.1 Å². The fraction of sp³-hybridized carbons (Fsp3) is 0.200. The highest BCUT2D eigenvalue weighted by molar-refractivity contribution is 6.30. The number of carbonyl (C=O) groups is 2. The minimum atomic E-state index is -0.914. The van der Waals surface area contributed by atoms with Crippen LogP contribution in [0, 0.1) is 19.7 Å². The van der Waals surface area contributed by atoms with Gasteiger partial charge in [0.05, 0.1) is 6.42 Å². The molecule has 4 nitrogen and oxygen atoms in total. The molecule has 31 heavy (non-hydrogen) atoms. The van der Waals surface area contributed by atoms with E-state index in [9.17, 15) is 19.1 Å². The van der Waals surface area contributed by atoms with E-state index in [0.717, 1.165) is 38.9 Å². The normalized spacial score (nSPS) is 12.7. The van der Waals surface area contributed by atoms with Crippen molar-refractivity contribution < 1.29 is 19.1 Å². The molecule has 3 aromatic carbocycles. The molecule has 0 unspecified atom stereocenters. The maximum atomic E-state index is 13.6. The highest BCUT2D eigenvalue weighted by Crippen LogP contribution is 2.40. The van der Waals surface area contributed by atoms with E-state index in [1.54, 1.807) is 23.1 Å². The number of fused-ring (bicyclic) bond motifs is 1. The van der Waals surface area contributed by atoms with Crippen LogP contribution in [0.1, 0.15) is 38.2 Å². The van der Waals surface area contributed by atoms with Crippen molar-refractivity contribution in [2.24, 2.45) is 0 Å². The third kappa shape index (κ3) is 3.93. The van der Waals surface area contributed by atoms with Crippen molar-refractivity contribution in [1.29, 1.82) is 0 Å². The fourth-order valence-corrected chi connectivity index (χ4v) is 4.52. The van der Waals surface area contributed by atoms with Gasteiger partial charge in [-0.2, -0.15) is 0 Å². The van der Waals surface area contributed by atoms with E-state index in [4.69, 9.17) is 11.6 Å². The number of hydrogen-bond donors (Lipinski definition) is 1. The van der Waals surface area contributed by atoms with Crippen LogP contribution in [0.15, 0.2) is 48.5 Å². The van der Waals surface area contributed by atoms with Gasteiger partial charge in [-0.05, 0) is 83.1 Å². The summed E-state index contributed by atoms with van der Waals surface area (Å²) >= 11 is 6.05. The SMILES string of the molecule is Cc1c2c(c(C)c(-c3ccc(Cl)cc3)c1CC(=O)O)CN(C(=O)c1cccc(F)c1)C2. The van der Waals surface area contributed by atoms with Crippen LogP contribution >= 0.6 is 11.6 Å². The van der Waals surface area contributed by atoms with Gasteiger partial charge < -0.3 is 10.0 Å². The third-order valence-corrected chi connectivity index (χ3v) is 6.17. The van der Waals surface area contributed by atoms with Gasteiger partial charge in [0.25, 0.3) is 5.91 Å². The summed E-state index contributed by atoms with van der Waals surface area (Å²) in [6.45, 7) is 4.63. The second-order valence-electron chi connectivity index (χ2n) is 7.81. The molecule has 0 spiro atoms. The molecule has 0 aromatic heterocycles. The molecule has 4 rings (SSSR count).